The summed E-state index contributed by atoms with van der Waals surface area (Å²) in [5.41, 5.74) is 7.46. The standard InChI is InChI=1S/C8H8N2O2/c9-8-10-6-2-1-5(4-11)3-7(6)12-8/h1-3,11H,4H2,(H2,9,10). The number of oxazole rings is 1. The van der Waals surface area contributed by atoms with Crippen LogP contribution in [0.2, 0.25) is 0 Å². The number of fused-ring (bicyclic) bond motifs is 1. The summed E-state index contributed by atoms with van der Waals surface area (Å²) in [5.74, 6) is 0. The third-order valence-electron chi connectivity index (χ3n) is 1.65. The second-order valence-electron chi connectivity index (χ2n) is 2.51. The van der Waals surface area contributed by atoms with E-state index in [1.807, 2.05) is 0 Å². The summed E-state index contributed by atoms with van der Waals surface area (Å²) >= 11 is 0. The molecule has 0 bridgehead atoms. The van der Waals surface area contributed by atoms with Gasteiger partial charge in [-0.2, -0.15) is 4.98 Å². The predicted octanol–water partition coefficient (Wildman–Crippen LogP) is 0.902. The van der Waals surface area contributed by atoms with Gasteiger partial charge in [0.15, 0.2) is 5.58 Å². The first kappa shape index (κ1) is 7.12. The average Bonchev–Trinajstić information content (AvgIpc) is 2.43. The molecule has 4 nitrogen and oxygen atoms in total. The second-order valence-corrected chi connectivity index (χ2v) is 2.51. The number of benzene rings is 1. The Labute approximate surface area is 68.6 Å². The molecule has 1 heterocycles. The quantitative estimate of drug-likeness (QED) is 0.656. The van der Waals surface area contributed by atoms with Gasteiger partial charge in [0.1, 0.15) is 5.52 Å². The van der Waals surface area contributed by atoms with Gasteiger partial charge < -0.3 is 15.3 Å². The summed E-state index contributed by atoms with van der Waals surface area (Å²) in [5, 5.41) is 8.81. The summed E-state index contributed by atoms with van der Waals surface area (Å²) in [4.78, 5) is 3.92. The Morgan fingerprint density at radius 3 is 3.08 bits per heavy atom. The fraction of sp³-hybridized carbons (Fsp3) is 0.125. The van der Waals surface area contributed by atoms with Crippen LogP contribution in [0.4, 0.5) is 6.01 Å². The third kappa shape index (κ3) is 1.02. The Morgan fingerprint density at radius 1 is 1.50 bits per heavy atom. The minimum Gasteiger partial charge on any atom is -0.424 e. The first-order chi connectivity index (χ1) is 5.79. The van der Waals surface area contributed by atoms with Gasteiger partial charge in [-0.25, -0.2) is 0 Å². The Bertz CT molecular complexity index is 408. The molecule has 1 aromatic carbocycles. The number of nitrogens with two attached hydrogens (primary N) is 1. The molecular formula is C8H8N2O2. The number of hydrogen-bond donors (Lipinski definition) is 2. The lowest BCUT2D eigenvalue weighted by atomic mass is 10.2. The Balaban J connectivity index is 2.66. The molecule has 4 heteroatoms. The van der Waals surface area contributed by atoms with Crippen molar-refractivity contribution >= 4 is 17.1 Å². The van der Waals surface area contributed by atoms with E-state index in [0.717, 1.165) is 5.56 Å². The third-order valence-corrected chi connectivity index (χ3v) is 1.65. The van der Waals surface area contributed by atoms with E-state index in [2.05, 4.69) is 4.98 Å². The zero-order valence-corrected chi connectivity index (χ0v) is 6.32. The molecule has 0 aliphatic rings. The van der Waals surface area contributed by atoms with Crippen molar-refractivity contribution in [1.29, 1.82) is 0 Å². The molecule has 0 unspecified atom stereocenters. The molecule has 3 N–H and O–H groups in total. The van der Waals surface area contributed by atoms with E-state index in [1.54, 1.807) is 18.2 Å². The second kappa shape index (κ2) is 2.49. The Kier molecular flexibility index (Phi) is 1.48. The summed E-state index contributed by atoms with van der Waals surface area (Å²) in [6.07, 6.45) is 0. The maximum Gasteiger partial charge on any atom is 0.292 e. The molecule has 0 fully saturated rings. The van der Waals surface area contributed by atoms with Crippen molar-refractivity contribution in [2.75, 3.05) is 5.73 Å². The molecule has 2 aromatic rings. The average molecular weight is 164 g/mol. The Morgan fingerprint density at radius 2 is 2.33 bits per heavy atom. The molecule has 0 amide bonds. The van der Waals surface area contributed by atoms with Gasteiger partial charge in [-0.3, -0.25) is 0 Å². The van der Waals surface area contributed by atoms with Crippen LogP contribution in [-0.4, -0.2) is 10.1 Å². The van der Waals surface area contributed by atoms with E-state index < -0.39 is 0 Å². The number of aromatic nitrogens is 1. The fourth-order valence-corrected chi connectivity index (χ4v) is 1.09. The Hall–Kier alpha value is -1.55. The molecule has 0 atom stereocenters. The van der Waals surface area contributed by atoms with Crippen molar-refractivity contribution in [2.45, 2.75) is 6.61 Å². The maximum absolute atomic E-state index is 8.81. The normalized spacial score (nSPS) is 10.8. The monoisotopic (exact) mass is 164 g/mol. The minimum absolute atomic E-state index is 0.00343. The maximum atomic E-state index is 8.81. The molecule has 0 spiro atoms. The van der Waals surface area contributed by atoms with Crippen LogP contribution in [0.3, 0.4) is 0 Å². The number of hydrogen-bond acceptors (Lipinski definition) is 4. The van der Waals surface area contributed by atoms with E-state index >= 15 is 0 Å². The highest BCUT2D eigenvalue weighted by Crippen LogP contribution is 2.17. The summed E-state index contributed by atoms with van der Waals surface area (Å²) < 4.78 is 5.07. The molecule has 0 aliphatic carbocycles. The van der Waals surface area contributed by atoms with Gasteiger partial charge in [-0.05, 0) is 17.7 Å². The van der Waals surface area contributed by atoms with E-state index in [0.29, 0.717) is 11.1 Å². The molecule has 0 saturated carbocycles. The van der Waals surface area contributed by atoms with Crippen molar-refractivity contribution in [1.82, 2.24) is 4.98 Å². The van der Waals surface area contributed by atoms with Gasteiger partial charge in [0.2, 0.25) is 0 Å². The zero-order valence-electron chi connectivity index (χ0n) is 6.32. The minimum atomic E-state index is -0.00343. The largest absolute Gasteiger partial charge is 0.424 e. The first-order valence-electron chi connectivity index (χ1n) is 3.55. The van der Waals surface area contributed by atoms with Crippen LogP contribution >= 0.6 is 0 Å². The van der Waals surface area contributed by atoms with Gasteiger partial charge in [0, 0.05) is 0 Å². The van der Waals surface area contributed by atoms with Gasteiger partial charge in [0.05, 0.1) is 6.61 Å². The lowest BCUT2D eigenvalue weighted by Crippen LogP contribution is -1.81. The van der Waals surface area contributed by atoms with Gasteiger partial charge in [-0.15, -0.1) is 0 Å². The predicted molar refractivity (Wildman–Crippen MR) is 44.3 cm³/mol. The van der Waals surface area contributed by atoms with E-state index in [9.17, 15) is 0 Å². The van der Waals surface area contributed by atoms with Crippen molar-refractivity contribution < 1.29 is 9.52 Å². The van der Waals surface area contributed by atoms with Crippen molar-refractivity contribution in [3.63, 3.8) is 0 Å². The summed E-state index contributed by atoms with van der Waals surface area (Å²) in [6.45, 7) is -0.00343. The van der Waals surface area contributed by atoms with Crippen LogP contribution in [0.1, 0.15) is 5.56 Å². The highest BCUT2D eigenvalue weighted by atomic mass is 16.4. The number of rotatable bonds is 1. The lowest BCUT2D eigenvalue weighted by molar-refractivity contribution is 0.282. The molecule has 12 heavy (non-hydrogen) atoms. The molecule has 0 aliphatic heterocycles. The number of anilines is 1. The van der Waals surface area contributed by atoms with E-state index in [-0.39, 0.29) is 12.6 Å². The molecule has 0 radical (unpaired) electrons. The number of nitrogens with zero attached hydrogens (tertiary/aromatic N) is 1. The first-order valence-corrected chi connectivity index (χ1v) is 3.55. The number of aliphatic hydroxyl groups excluding tert-OH is 1. The van der Waals surface area contributed by atoms with Gasteiger partial charge in [-0.1, -0.05) is 6.07 Å². The van der Waals surface area contributed by atoms with Crippen LogP contribution in [0.5, 0.6) is 0 Å². The van der Waals surface area contributed by atoms with Crippen LogP contribution in [0, 0.1) is 0 Å². The van der Waals surface area contributed by atoms with Crippen molar-refractivity contribution in [3.8, 4) is 0 Å². The van der Waals surface area contributed by atoms with Crippen LogP contribution in [-0.2, 0) is 6.61 Å². The molecule has 2 rings (SSSR count). The molecule has 0 saturated heterocycles. The summed E-state index contributed by atoms with van der Waals surface area (Å²) in [7, 11) is 0. The highest BCUT2D eigenvalue weighted by Gasteiger charge is 2.02. The fourth-order valence-electron chi connectivity index (χ4n) is 1.09. The van der Waals surface area contributed by atoms with Crippen LogP contribution in [0.15, 0.2) is 22.6 Å². The van der Waals surface area contributed by atoms with Gasteiger partial charge >= 0.3 is 0 Å². The van der Waals surface area contributed by atoms with E-state index in [4.69, 9.17) is 15.3 Å². The molecule has 1 aromatic heterocycles. The highest BCUT2D eigenvalue weighted by molar-refractivity contribution is 5.74. The van der Waals surface area contributed by atoms with Crippen molar-refractivity contribution in [3.05, 3.63) is 23.8 Å². The summed E-state index contributed by atoms with van der Waals surface area (Å²) in [6, 6.07) is 5.42. The topological polar surface area (TPSA) is 72.3 Å². The van der Waals surface area contributed by atoms with Crippen LogP contribution in [0.25, 0.3) is 11.1 Å². The SMILES string of the molecule is Nc1nc2ccc(CO)cc2o1. The van der Waals surface area contributed by atoms with E-state index in [1.165, 1.54) is 0 Å². The number of aliphatic hydroxyl groups is 1. The van der Waals surface area contributed by atoms with Crippen LogP contribution < -0.4 is 5.73 Å². The number of nitrogen functional groups attached to an aromatic ring is 1. The lowest BCUT2D eigenvalue weighted by Gasteiger charge is -1.92. The molecule has 62 valence electrons. The molecular weight excluding hydrogens is 156 g/mol. The van der Waals surface area contributed by atoms with Gasteiger partial charge in [0.25, 0.3) is 6.01 Å². The smallest absolute Gasteiger partial charge is 0.292 e. The zero-order chi connectivity index (χ0) is 8.55. The van der Waals surface area contributed by atoms with Crippen molar-refractivity contribution in [2.24, 2.45) is 0 Å².